The zero-order valence-corrected chi connectivity index (χ0v) is 24.4. The topological polar surface area (TPSA) is 13.1 Å². The van der Waals surface area contributed by atoms with Crippen LogP contribution in [0.2, 0.25) is 0 Å². The van der Waals surface area contributed by atoms with Crippen LogP contribution in [-0.2, 0) is 0 Å². The van der Waals surface area contributed by atoms with Crippen LogP contribution in [0.15, 0.2) is 162 Å². The molecule has 0 aliphatic carbocycles. The van der Waals surface area contributed by atoms with E-state index < -0.39 is 0 Å². The molecule has 0 aliphatic heterocycles. The number of hydrogen-bond donors (Lipinski definition) is 0. The minimum atomic E-state index is 0. The highest BCUT2D eigenvalue weighted by Gasteiger charge is 2.21. The smallest absolute Gasteiger partial charge is 0.143 e. The highest BCUT2D eigenvalue weighted by Crippen LogP contribution is 2.48. The molecule has 0 atom stereocenters. The third kappa shape index (κ3) is 3.76. The second kappa shape index (κ2) is 10.1. The van der Waals surface area contributed by atoms with E-state index in [9.17, 15) is 0 Å². The number of fused-ring (bicyclic) bond motifs is 9. The lowest BCUT2D eigenvalue weighted by molar-refractivity contribution is 0.673. The van der Waals surface area contributed by atoms with E-state index in [1.54, 1.807) is 0 Å². The van der Waals surface area contributed by atoms with Gasteiger partial charge in [0.1, 0.15) is 11.2 Å². The minimum Gasteiger partial charge on any atom is -0.455 e. The Morgan fingerprint density at radius 2 is 0.826 bits per heavy atom. The summed E-state index contributed by atoms with van der Waals surface area (Å²) in [6, 6.07) is 57.4. The summed E-state index contributed by atoms with van der Waals surface area (Å²) in [6.45, 7) is 0. The molecule has 0 bridgehead atoms. The summed E-state index contributed by atoms with van der Waals surface area (Å²) in [5.74, 6) is 0. The monoisotopic (exact) mass is 586 g/mol. The molecule has 0 spiro atoms. The van der Waals surface area contributed by atoms with E-state index in [1.165, 1.54) is 70.7 Å². The molecule has 10 rings (SSSR count). The molecule has 1 aromatic heterocycles. The van der Waals surface area contributed by atoms with Gasteiger partial charge in [-0.25, -0.2) is 0 Å². The summed E-state index contributed by atoms with van der Waals surface area (Å²) in [4.78, 5) is 0. The van der Waals surface area contributed by atoms with Gasteiger partial charge in [0, 0.05) is 16.2 Å². The molecule has 216 valence electrons. The maximum atomic E-state index is 6.65. The Balaban J connectivity index is 0.00000292. The Hall–Kier alpha value is -5.92. The van der Waals surface area contributed by atoms with Crippen LogP contribution in [0.4, 0.5) is 0 Å². The van der Waals surface area contributed by atoms with Crippen molar-refractivity contribution in [1.29, 1.82) is 0 Å². The molecule has 0 fully saturated rings. The van der Waals surface area contributed by atoms with Crippen molar-refractivity contribution < 1.29 is 4.42 Å². The molecule has 1 nitrogen and oxygen atoms in total. The van der Waals surface area contributed by atoms with Crippen molar-refractivity contribution in [2.45, 2.75) is 7.43 Å². The van der Waals surface area contributed by atoms with Gasteiger partial charge in [-0.3, -0.25) is 0 Å². The Kier molecular flexibility index (Phi) is 5.79. The van der Waals surface area contributed by atoms with Gasteiger partial charge in [-0.1, -0.05) is 141 Å². The van der Waals surface area contributed by atoms with Gasteiger partial charge in [0.15, 0.2) is 0 Å². The fourth-order valence-electron chi connectivity index (χ4n) is 7.56. The van der Waals surface area contributed by atoms with Gasteiger partial charge in [0.25, 0.3) is 0 Å². The van der Waals surface area contributed by atoms with Crippen LogP contribution in [0.1, 0.15) is 7.43 Å². The molecule has 0 N–H and O–H groups in total. The number of hydrogen-bond acceptors (Lipinski definition) is 1. The standard InChI is InChI=1S/C44H26O.CH4/c1-2-12-28-23-31(22-21-27(28)11-1)42-33-16-6-8-18-35(33)43(36-19-9-7-17-34(36)42)39-26-40-38-24-29-13-3-4-14-30(29)25-41(38)45-44(40)37-20-10-5-15-32(37)39;/h1-26H;1H4. The Morgan fingerprint density at radius 3 is 1.48 bits per heavy atom. The van der Waals surface area contributed by atoms with E-state index in [4.69, 9.17) is 4.42 Å². The molecule has 0 radical (unpaired) electrons. The van der Waals surface area contributed by atoms with Crippen molar-refractivity contribution in [3.63, 3.8) is 0 Å². The van der Waals surface area contributed by atoms with Crippen LogP contribution in [-0.4, -0.2) is 0 Å². The van der Waals surface area contributed by atoms with Crippen LogP contribution in [0, 0.1) is 0 Å². The first-order chi connectivity index (χ1) is 22.3. The van der Waals surface area contributed by atoms with Crippen LogP contribution < -0.4 is 0 Å². The van der Waals surface area contributed by atoms with Crippen LogP contribution in [0.5, 0.6) is 0 Å². The summed E-state index contributed by atoms with van der Waals surface area (Å²) < 4.78 is 6.65. The summed E-state index contributed by atoms with van der Waals surface area (Å²) >= 11 is 0. The molecule has 0 saturated heterocycles. The van der Waals surface area contributed by atoms with Crippen molar-refractivity contribution in [3.8, 4) is 22.3 Å². The molecule has 9 aromatic carbocycles. The molecule has 0 saturated carbocycles. The molecule has 0 amide bonds. The maximum absolute atomic E-state index is 6.65. The molecular weight excluding hydrogens is 556 g/mol. The van der Waals surface area contributed by atoms with Crippen LogP contribution in [0.3, 0.4) is 0 Å². The number of rotatable bonds is 2. The van der Waals surface area contributed by atoms with E-state index in [-0.39, 0.29) is 7.43 Å². The first-order valence-electron chi connectivity index (χ1n) is 15.5. The van der Waals surface area contributed by atoms with Crippen molar-refractivity contribution in [2.24, 2.45) is 0 Å². The zero-order valence-electron chi connectivity index (χ0n) is 24.4. The third-order valence-corrected chi connectivity index (χ3v) is 9.58. The molecule has 46 heavy (non-hydrogen) atoms. The van der Waals surface area contributed by atoms with Gasteiger partial charge >= 0.3 is 0 Å². The first-order valence-corrected chi connectivity index (χ1v) is 15.5. The number of benzene rings is 9. The van der Waals surface area contributed by atoms with Crippen LogP contribution in [0.25, 0.3) is 98.1 Å². The third-order valence-electron chi connectivity index (χ3n) is 9.58. The van der Waals surface area contributed by atoms with Gasteiger partial charge in [-0.2, -0.15) is 0 Å². The number of furan rings is 1. The lowest BCUT2D eigenvalue weighted by Gasteiger charge is -2.19. The Morgan fingerprint density at radius 1 is 0.326 bits per heavy atom. The Bertz CT molecular complexity index is 2760. The van der Waals surface area contributed by atoms with Crippen molar-refractivity contribution in [3.05, 3.63) is 158 Å². The fraction of sp³-hybridized carbons (Fsp3) is 0.0222. The van der Waals surface area contributed by atoms with Gasteiger partial charge < -0.3 is 4.42 Å². The van der Waals surface area contributed by atoms with E-state index in [1.807, 2.05) is 0 Å². The highest BCUT2D eigenvalue weighted by atomic mass is 16.3. The SMILES string of the molecule is C.c1ccc2cc(-c3c4ccccc4c(-c4cc5c6cc7ccccc7cc6oc5c5ccccc45)c4ccccc34)ccc2c1. The van der Waals surface area contributed by atoms with Crippen molar-refractivity contribution in [1.82, 2.24) is 0 Å². The lowest BCUT2D eigenvalue weighted by Crippen LogP contribution is -1.92. The summed E-state index contributed by atoms with van der Waals surface area (Å²) in [6.07, 6.45) is 0. The highest BCUT2D eigenvalue weighted by molar-refractivity contribution is 6.27. The zero-order chi connectivity index (χ0) is 29.5. The molecular formula is C45H30O. The Labute approximate surface area is 266 Å². The van der Waals surface area contributed by atoms with E-state index in [0.29, 0.717) is 0 Å². The molecule has 0 aliphatic rings. The minimum absolute atomic E-state index is 0. The quantitative estimate of drug-likeness (QED) is 0.184. The van der Waals surface area contributed by atoms with Gasteiger partial charge in [0.05, 0.1) is 0 Å². The second-order valence-electron chi connectivity index (χ2n) is 12.0. The lowest BCUT2D eigenvalue weighted by atomic mass is 9.84. The summed E-state index contributed by atoms with van der Waals surface area (Å²) in [7, 11) is 0. The van der Waals surface area contributed by atoms with E-state index in [2.05, 4.69) is 158 Å². The predicted molar refractivity (Wildman–Crippen MR) is 199 cm³/mol. The second-order valence-corrected chi connectivity index (χ2v) is 12.0. The molecule has 1 heterocycles. The van der Waals surface area contributed by atoms with E-state index >= 15 is 0 Å². The normalized spacial score (nSPS) is 11.7. The van der Waals surface area contributed by atoms with Gasteiger partial charge in [0.2, 0.25) is 0 Å². The molecule has 1 heteroatoms. The average molecular weight is 587 g/mol. The fourth-order valence-corrected chi connectivity index (χ4v) is 7.56. The average Bonchev–Trinajstić information content (AvgIpc) is 3.46. The largest absolute Gasteiger partial charge is 0.455 e. The predicted octanol–water partition coefficient (Wildman–Crippen LogP) is 13.3. The first kappa shape index (κ1) is 26.5. The summed E-state index contributed by atoms with van der Waals surface area (Å²) in [5, 5.41) is 14.6. The summed E-state index contributed by atoms with van der Waals surface area (Å²) in [5.41, 5.74) is 6.88. The van der Waals surface area contributed by atoms with Gasteiger partial charge in [-0.05, 0) is 95.0 Å². The maximum Gasteiger partial charge on any atom is 0.143 e. The van der Waals surface area contributed by atoms with Crippen molar-refractivity contribution >= 4 is 75.8 Å². The molecule has 10 aromatic rings. The van der Waals surface area contributed by atoms with E-state index in [0.717, 1.165) is 27.3 Å². The van der Waals surface area contributed by atoms with Crippen molar-refractivity contribution in [2.75, 3.05) is 0 Å². The van der Waals surface area contributed by atoms with Gasteiger partial charge in [-0.15, -0.1) is 0 Å². The molecule has 0 unspecified atom stereocenters. The van der Waals surface area contributed by atoms with Crippen LogP contribution >= 0.6 is 0 Å².